The van der Waals surface area contributed by atoms with E-state index in [2.05, 4.69) is 45.5 Å². The largest absolute Gasteiger partial charge is 0.353 e. The van der Waals surface area contributed by atoms with Gasteiger partial charge < -0.3 is 10.2 Å². The van der Waals surface area contributed by atoms with Crippen molar-refractivity contribution in [3.63, 3.8) is 0 Å². The number of amides is 1. The molecule has 0 bridgehead atoms. The molecule has 1 aromatic heterocycles. The average molecular weight is 392 g/mol. The van der Waals surface area contributed by atoms with Crippen molar-refractivity contribution in [2.75, 3.05) is 26.2 Å². The molecular weight excluding hydrogens is 358 g/mol. The fourth-order valence-corrected chi connectivity index (χ4v) is 3.91. The van der Waals surface area contributed by atoms with Gasteiger partial charge in [0.25, 0.3) is 0 Å². The zero-order valence-electron chi connectivity index (χ0n) is 17.3. The second kappa shape index (κ2) is 12.2. The molecule has 29 heavy (non-hydrogen) atoms. The predicted octanol–water partition coefficient (Wildman–Crippen LogP) is 4.34. The third-order valence-electron chi connectivity index (χ3n) is 5.72. The Hall–Kier alpha value is -2.46. The number of hydrogen-bond acceptors (Lipinski definition) is 3. The number of pyridine rings is 1. The summed E-state index contributed by atoms with van der Waals surface area (Å²) < 4.78 is 0. The first-order valence-corrected chi connectivity index (χ1v) is 10.9. The summed E-state index contributed by atoms with van der Waals surface area (Å²) in [6, 6.07) is 14.6. The van der Waals surface area contributed by atoms with E-state index in [-0.39, 0.29) is 5.91 Å². The van der Waals surface area contributed by atoms with Gasteiger partial charge in [-0.2, -0.15) is 0 Å². The van der Waals surface area contributed by atoms with Crippen LogP contribution in [-0.4, -0.2) is 42.0 Å². The molecule has 0 saturated carbocycles. The lowest BCUT2D eigenvalue weighted by molar-refractivity contribution is -0.116. The van der Waals surface area contributed by atoms with Gasteiger partial charge in [-0.15, -0.1) is 0 Å². The molecule has 4 nitrogen and oxygen atoms in total. The fourth-order valence-electron chi connectivity index (χ4n) is 3.91. The number of benzene rings is 1. The Bertz CT molecular complexity index is 737. The van der Waals surface area contributed by atoms with Crippen LogP contribution in [0.5, 0.6) is 0 Å². The summed E-state index contributed by atoms with van der Waals surface area (Å²) in [7, 11) is 0. The van der Waals surface area contributed by atoms with Gasteiger partial charge in [-0.05, 0) is 68.0 Å². The Morgan fingerprint density at radius 3 is 2.69 bits per heavy atom. The normalized spacial score (nSPS) is 15.6. The topological polar surface area (TPSA) is 45.2 Å². The van der Waals surface area contributed by atoms with Crippen molar-refractivity contribution in [3.05, 3.63) is 72.1 Å². The van der Waals surface area contributed by atoms with E-state index in [0.29, 0.717) is 0 Å². The summed E-state index contributed by atoms with van der Waals surface area (Å²) in [4.78, 5) is 18.5. The third kappa shape index (κ3) is 8.20. The maximum absolute atomic E-state index is 11.9. The number of rotatable bonds is 10. The van der Waals surface area contributed by atoms with Crippen LogP contribution in [0.3, 0.4) is 0 Å². The number of nitrogens with zero attached hydrogens (tertiary/aromatic N) is 2. The van der Waals surface area contributed by atoms with Gasteiger partial charge in [0, 0.05) is 31.6 Å². The molecule has 1 fully saturated rings. The molecule has 1 aliphatic heterocycles. The molecule has 0 atom stereocenters. The molecule has 1 N–H and O–H groups in total. The summed E-state index contributed by atoms with van der Waals surface area (Å²) >= 11 is 0. The summed E-state index contributed by atoms with van der Waals surface area (Å²) in [6.07, 6.45) is 14.2. The third-order valence-corrected chi connectivity index (χ3v) is 5.72. The Morgan fingerprint density at radius 1 is 1.10 bits per heavy atom. The number of hydrogen-bond donors (Lipinski definition) is 1. The summed E-state index contributed by atoms with van der Waals surface area (Å²) in [5, 5.41) is 2.98. The number of carbonyl (C=O) groups is 1. The van der Waals surface area contributed by atoms with Gasteiger partial charge in [-0.25, -0.2) is 0 Å². The van der Waals surface area contributed by atoms with Gasteiger partial charge in [0.2, 0.25) is 5.91 Å². The van der Waals surface area contributed by atoms with Gasteiger partial charge in [0.15, 0.2) is 0 Å². The molecule has 1 saturated heterocycles. The molecule has 1 aliphatic rings. The van der Waals surface area contributed by atoms with E-state index < -0.39 is 0 Å². The Morgan fingerprint density at radius 2 is 1.93 bits per heavy atom. The quantitative estimate of drug-likeness (QED) is 0.484. The molecule has 0 aliphatic carbocycles. The SMILES string of the molecule is O=C(C=Cc1cccnc1)NCCCCC1CCN(CCc2ccccc2)CC1. The first-order chi connectivity index (χ1) is 14.3. The van der Waals surface area contributed by atoms with Crippen LogP contribution >= 0.6 is 0 Å². The van der Waals surface area contributed by atoms with E-state index in [1.54, 1.807) is 24.5 Å². The Labute approximate surface area is 175 Å². The lowest BCUT2D eigenvalue weighted by Crippen LogP contribution is -2.35. The zero-order valence-corrected chi connectivity index (χ0v) is 17.3. The van der Waals surface area contributed by atoms with E-state index >= 15 is 0 Å². The van der Waals surface area contributed by atoms with E-state index in [1.165, 1.54) is 50.9 Å². The lowest BCUT2D eigenvalue weighted by atomic mass is 9.91. The molecule has 2 heterocycles. The van der Waals surface area contributed by atoms with E-state index in [1.807, 2.05) is 12.1 Å². The molecular formula is C25H33N3O. The number of aromatic nitrogens is 1. The van der Waals surface area contributed by atoms with Crippen molar-refractivity contribution in [2.45, 2.75) is 38.5 Å². The van der Waals surface area contributed by atoms with Crippen LogP contribution in [0.4, 0.5) is 0 Å². The number of carbonyl (C=O) groups excluding carboxylic acids is 1. The highest BCUT2D eigenvalue weighted by Crippen LogP contribution is 2.22. The lowest BCUT2D eigenvalue weighted by Gasteiger charge is -2.32. The summed E-state index contributed by atoms with van der Waals surface area (Å²) in [5.74, 6) is 0.824. The summed E-state index contributed by atoms with van der Waals surface area (Å²) in [5.41, 5.74) is 2.38. The molecule has 3 rings (SSSR count). The minimum Gasteiger partial charge on any atom is -0.353 e. The van der Waals surface area contributed by atoms with Gasteiger partial charge in [-0.1, -0.05) is 49.2 Å². The van der Waals surface area contributed by atoms with Crippen LogP contribution in [0.1, 0.15) is 43.2 Å². The van der Waals surface area contributed by atoms with Crippen LogP contribution in [0.15, 0.2) is 60.9 Å². The number of likely N-dealkylation sites (tertiary alicyclic amines) is 1. The second-order valence-corrected chi connectivity index (χ2v) is 7.93. The Balaban J connectivity index is 1.21. The molecule has 0 radical (unpaired) electrons. The van der Waals surface area contributed by atoms with Crippen molar-refractivity contribution >= 4 is 12.0 Å². The molecule has 1 amide bonds. The van der Waals surface area contributed by atoms with Crippen molar-refractivity contribution in [1.82, 2.24) is 15.2 Å². The molecule has 0 spiro atoms. The van der Waals surface area contributed by atoms with E-state index in [0.717, 1.165) is 30.9 Å². The average Bonchev–Trinajstić information content (AvgIpc) is 2.78. The number of nitrogens with one attached hydrogen (secondary N) is 1. The first kappa shape index (κ1) is 21.3. The van der Waals surface area contributed by atoms with E-state index in [9.17, 15) is 4.79 Å². The number of unbranched alkanes of at least 4 members (excludes halogenated alkanes) is 1. The maximum atomic E-state index is 11.9. The van der Waals surface area contributed by atoms with Crippen LogP contribution in [-0.2, 0) is 11.2 Å². The standard InChI is InChI=1S/C25H33N3O/c29-25(12-11-24-10-6-16-26-21-24)27-17-5-4-9-23-14-19-28(20-15-23)18-13-22-7-2-1-3-8-22/h1-3,6-8,10-12,16,21,23H,4-5,9,13-15,17-20H2,(H,27,29). The van der Waals surface area contributed by atoms with Crippen molar-refractivity contribution in [2.24, 2.45) is 5.92 Å². The highest BCUT2D eigenvalue weighted by molar-refractivity contribution is 5.91. The van der Waals surface area contributed by atoms with E-state index in [4.69, 9.17) is 0 Å². The highest BCUT2D eigenvalue weighted by atomic mass is 16.1. The first-order valence-electron chi connectivity index (χ1n) is 10.9. The number of piperidine rings is 1. The minimum atomic E-state index is -0.0272. The Kier molecular flexibility index (Phi) is 8.92. The van der Waals surface area contributed by atoms with Crippen LogP contribution in [0.2, 0.25) is 0 Å². The minimum absolute atomic E-state index is 0.0272. The second-order valence-electron chi connectivity index (χ2n) is 7.93. The zero-order chi connectivity index (χ0) is 20.2. The van der Waals surface area contributed by atoms with Gasteiger partial charge in [0.1, 0.15) is 0 Å². The maximum Gasteiger partial charge on any atom is 0.243 e. The van der Waals surface area contributed by atoms with Crippen molar-refractivity contribution in [1.29, 1.82) is 0 Å². The van der Waals surface area contributed by atoms with Crippen molar-refractivity contribution < 1.29 is 4.79 Å². The molecule has 4 heteroatoms. The monoisotopic (exact) mass is 391 g/mol. The molecule has 2 aromatic rings. The van der Waals surface area contributed by atoms with Gasteiger partial charge >= 0.3 is 0 Å². The van der Waals surface area contributed by atoms with Crippen LogP contribution in [0.25, 0.3) is 6.08 Å². The molecule has 0 unspecified atom stereocenters. The van der Waals surface area contributed by atoms with Gasteiger partial charge in [0.05, 0.1) is 0 Å². The smallest absolute Gasteiger partial charge is 0.243 e. The molecule has 1 aromatic carbocycles. The molecule has 154 valence electrons. The van der Waals surface area contributed by atoms with Crippen molar-refractivity contribution in [3.8, 4) is 0 Å². The predicted molar refractivity (Wildman–Crippen MR) is 119 cm³/mol. The van der Waals surface area contributed by atoms with Gasteiger partial charge in [-0.3, -0.25) is 9.78 Å². The van der Waals surface area contributed by atoms with Crippen LogP contribution < -0.4 is 5.32 Å². The van der Waals surface area contributed by atoms with Crippen LogP contribution in [0, 0.1) is 5.92 Å². The summed E-state index contributed by atoms with van der Waals surface area (Å²) in [6.45, 7) is 4.39. The fraction of sp³-hybridized carbons (Fsp3) is 0.440. The highest BCUT2D eigenvalue weighted by Gasteiger charge is 2.18.